The van der Waals surface area contributed by atoms with Crippen LogP contribution in [0.3, 0.4) is 0 Å². The normalized spacial score (nSPS) is 14.5. The monoisotopic (exact) mass is 382 g/mol. The fraction of sp³-hybridized carbons (Fsp3) is 0.364. The number of para-hydroxylation sites is 1. The van der Waals surface area contributed by atoms with E-state index in [9.17, 15) is 9.59 Å². The summed E-state index contributed by atoms with van der Waals surface area (Å²) in [6.45, 7) is 1.97. The van der Waals surface area contributed by atoms with Crippen LogP contribution in [0, 0.1) is 5.92 Å². The van der Waals surface area contributed by atoms with E-state index in [-0.39, 0.29) is 18.4 Å². The number of carbonyl (C=O) groups is 2. The van der Waals surface area contributed by atoms with Gasteiger partial charge in [-0.2, -0.15) is 0 Å². The molecule has 6 nitrogen and oxygen atoms in total. The van der Waals surface area contributed by atoms with Gasteiger partial charge in [0, 0.05) is 32.4 Å². The summed E-state index contributed by atoms with van der Waals surface area (Å²) in [6.07, 6.45) is 1.32. The minimum absolute atomic E-state index is 0.00288. The van der Waals surface area contributed by atoms with Crippen molar-refractivity contribution in [3.05, 3.63) is 60.2 Å². The highest BCUT2D eigenvalue weighted by atomic mass is 16.5. The average molecular weight is 382 g/mol. The number of carbonyl (C=O) groups excluding carboxylic acids is 1. The molecule has 1 N–H and O–H groups in total. The van der Waals surface area contributed by atoms with Crippen molar-refractivity contribution in [3.63, 3.8) is 0 Å². The standard InChI is InChI=1S/C22H26N2O4/c1-23(21(25)16-28-20-8-3-2-4-9-20)15-17-6-5-7-19(14-17)24-12-10-18(11-13-24)22(26)27/h2-9,14,18H,10-13,15-16H2,1H3,(H,26,27). The third-order valence-electron chi connectivity index (χ3n) is 5.07. The summed E-state index contributed by atoms with van der Waals surface area (Å²) in [7, 11) is 1.77. The molecule has 1 aliphatic heterocycles. The molecule has 0 bridgehead atoms. The van der Waals surface area contributed by atoms with Crippen LogP contribution in [-0.4, -0.2) is 48.6 Å². The van der Waals surface area contributed by atoms with E-state index in [2.05, 4.69) is 11.0 Å². The van der Waals surface area contributed by atoms with Crippen molar-refractivity contribution in [1.82, 2.24) is 4.90 Å². The molecule has 1 aliphatic rings. The number of amides is 1. The van der Waals surface area contributed by atoms with Gasteiger partial charge in [-0.3, -0.25) is 9.59 Å². The predicted molar refractivity (Wildman–Crippen MR) is 107 cm³/mol. The van der Waals surface area contributed by atoms with Gasteiger partial charge in [0.05, 0.1) is 5.92 Å². The number of hydrogen-bond donors (Lipinski definition) is 1. The second-order valence-electron chi connectivity index (χ2n) is 7.12. The van der Waals surface area contributed by atoms with Crippen LogP contribution >= 0.6 is 0 Å². The van der Waals surface area contributed by atoms with Crippen LogP contribution in [0.1, 0.15) is 18.4 Å². The zero-order valence-electron chi connectivity index (χ0n) is 16.1. The second kappa shape index (κ2) is 9.26. The lowest BCUT2D eigenvalue weighted by molar-refractivity contribution is -0.142. The Hall–Kier alpha value is -3.02. The van der Waals surface area contributed by atoms with Crippen LogP contribution in [0.4, 0.5) is 5.69 Å². The molecule has 148 valence electrons. The highest BCUT2D eigenvalue weighted by molar-refractivity contribution is 5.77. The second-order valence-corrected chi connectivity index (χ2v) is 7.12. The van der Waals surface area contributed by atoms with E-state index in [1.165, 1.54) is 0 Å². The van der Waals surface area contributed by atoms with E-state index < -0.39 is 5.97 Å². The molecular weight excluding hydrogens is 356 g/mol. The third kappa shape index (κ3) is 5.25. The van der Waals surface area contributed by atoms with Crippen molar-refractivity contribution in [3.8, 4) is 5.75 Å². The number of piperidine rings is 1. The first-order valence-corrected chi connectivity index (χ1v) is 9.51. The molecule has 0 atom stereocenters. The largest absolute Gasteiger partial charge is 0.484 e. The maximum absolute atomic E-state index is 12.3. The van der Waals surface area contributed by atoms with E-state index in [4.69, 9.17) is 9.84 Å². The van der Waals surface area contributed by atoms with Crippen LogP contribution in [-0.2, 0) is 16.1 Å². The van der Waals surface area contributed by atoms with Gasteiger partial charge in [-0.05, 0) is 42.7 Å². The molecular formula is C22H26N2O4. The zero-order chi connectivity index (χ0) is 19.9. The Balaban J connectivity index is 1.53. The summed E-state index contributed by atoms with van der Waals surface area (Å²) >= 11 is 0. The lowest BCUT2D eigenvalue weighted by atomic mass is 9.96. The topological polar surface area (TPSA) is 70.1 Å². The number of nitrogens with zero attached hydrogens (tertiary/aromatic N) is 2. The average Bonchev–Trinajstić information content (AvgIpc) is 2.73. The van der Waals surface area contributed by atoms with Crippen LogP contribution in [0.2, 0.25) is 0 Å². The molecule has 0 spiro atoms. The van der Waals surface area contributed by atoms with Gasteiger partial charge in [0.2, 0.25) is 0 Å². The minimum Gasteiger partial charge on any atom is -0.484 e. The summed E-state index contributed by atoms with van der Waals surface area (Å²) in [5.74, 6) is -0.355. The molecule has 6 heteroatoms. The quantitative estimate of drug-likeness (QED) is 0.797. The SMILES string of the molecule is CN(Cc1cccc(N2CCC(C(=O)O)CC2)c1)C(=O)COc1ccccc1. The molecule has 1 saturated heterocycles. The minimum atomic E-state index is -0.703. The number of ether oxygens (including phenoxy) is 1. The number of anilines is 1. The maximum Gasteiger partial charge on any atom is 0.306 e. The summed E-state index contributed by atoms with van der Waals surface area (Å²) < 4.78 is 5.53. The zero-order valence-corrected chi connectivity index (χ0v) is 16.1. The Morgan fingerprint density at radius 3 is 2.50 bits per heavy atom. The van der Waals surface area contributed by atoms with Gasteiger partial charge >= 0.3 is 5.97 Å². The van der Waals surface area contributed by atoms with E-state index in [0.717, 1.165) is 24.3 Å². The van der Waals surface area contributed by atoms with Crippen LogP contribution < -0.4 is 9.64 Å². The molecule has 2 aromatic rings. The van der Waals surface area contributed by atoms with Crippen molar-refractivity contribution in [2.24, 2.45) is 5.92 Å². The molecule has 0 aromatic heterocycles. The number of aliphatic carboxylic acids is 1. The Kier molecular flexibility index (Phi) is 6.53. The molecule has 3 rings (SSSR count). The van der Waals surface area contributed by atoms with Gasteiger partial charge in [0.25, 0.3) is 5.91 Å². The van der Waals surface area contributed by atoms with Crippen molar-refractivity contribution < 1.29 is 19.4 Å². The molecule has 28 heavy (non-hydrogen) atoms. The molecule has 1 fully saturated rings. The van der Waals surface area contributed by atoms with Gasteiger partial charge in [-0.15, -0.1) is 0 Å². The molecule has 1 heterocycles. The van der Waals surface area contributed by atoms with Gasteiger partial charge in [-0.1, -0.05) is 30.3 Å². The van der Waals surface area contributed by atoms with Crippen LogP contribution in [0.25, 0.3) is 0 Å². The van der Waals surface area contributed by atoms with Crippen molar-refractivity contribution in [2.45, 2.75) is 19.4 Å². The van der Waals surface area contributed by atoms with Crippen LogP contribution in [0.15, 0.2) is 54.6 Å². The van der Waals surface area contributed by atoms with Crippen LogP contribution in [0.5, 0.6) is 5.75 Å². The lowest BCUT2D eigenvalue weighted by Crippen LogP contribution is -2.36. The van der Waals surface area contributed by atoms with Crippen molar-refractivity contribution in [2.75, 3.05) is 31.6 Å². The summed E-state index contributed by atoms with van der Waals surface area (Å²) in [4.78, 5) is 27.3. The number of likely N-dealkylation sites (N-methyl/N-ethyl adjacent to an activating group) is 1. The summed E-state index contributed by atoms with van der Waals surface area (Å²) in [6, 6.07) is 17.4. The van der Waals surface area contributed by atoms with E-state index in [0.29, 0.717) is 25.1 Å². The number of hydrogen-bond acceptors (Lipinski definition) is 4. The molecule has 0 radical (unpaired) electrons. The Bertz CT molecular complexity index is 801. The predicted octanol–water partition coefficient (Wildman–Crippen LogP) is 3.03. The Labute approximate surface area is 165 Å². The first-order valence-electron chi connectivity index (χ1n) is 9.51. The highest BCUT2D eigenvalue weighted by Crippen LogP contribution is 2.24. The van der Waals surface area contributed by atoms with E-state index >= 15 is 0 Å². The van der Waals surface area contributed by atoms with E-state index in [1.54, 1.807) is 11.9 Å². The van der Waals surface area contributed by atoms with Crippen molar-refractivity contribution >= 4 is 17.6 Å². The Morgan fingerprint density at radius 1 is 1.11 bits per heavy atom. The van der Waals surface area contributed by atoms with E-state index in [1.807, 2.05) is 48.5 Å². The number of carboxylic acid groups (broad SMARTS) is 1. The number of carboxylic acids is 1. The molecule has 0 aliphatic carbocycles. The first-order chi connectivity index (χ1) is 13.5. The molecule has 2 aromatic carbocycles. The van der Waals surface area contributed by atoms with Gasteiger partial charge in [0.1, 0.15) is 5.75 Å². The number of rotatable bonds is 7. The molecule has 1 amide bonds. The first kappa shape index (κ1) is 19.7. The smallest absolute Gasteiger partial charge is 0.306 e. The molecule has 0 saturated carbocycles. The van der Waals surface area contributed by atoms with Gasteiger partial charge < -0.3 is 19.6 Å². The Morgan fingerprint density at radius 2 is 1.82 bits per heavy atom. The summed E-state index contributed by atoms with van der Waals surface area (Å²) in [5, 5.41) is 9.14. The number of benzene rings is 2. The van der Waals surface area contributed by atoms with Gasteiger partial charge in [0.15, 0.2) is 6.61 Å². The third-order valence-corrected chi connectivity index (χ3v) is 5.07. The van der Waals surface area contributed by atoms with Crippen molar-refractivity contribution in [1.29, 1.82) is 0 Å². The molecule has 0 unspecified atom stereocenters. The lowest BCUT2D eigenvalue weighted by Gasteiger charge is -2.32. The summed E-state index contributed by atoms with van der Waals surface area (Å²) in [5.41, 5.74) is 2.11. The fourth-order valence-corrected chi connectivity index (χ4v) is 3.37. The highest BCUT2D eigenvalue weighted by Gasteiger charge is 2.24. The fourth-order valence-electron chi connectivity index (χ4n) is 3.37. The van der Waals surface area contributed by atoms with Gasteiger partial charge in [-0.25, -0.2) is 0 Å². The maximum atomic E-state index is 12.3.